The number of rotatable bonds is 5. The summed E-state index contributed by atoms with van der Waals surface area (Å²) in [5.41, 5.74) is 8.62. The van der Waals surface area contributed by atoms with E-state index < -0.39 is 12.1 Å². The van der Waals surface area contributed by atoms with Gasteiger partial charge in [0.15, 0.2) is 17.7 Å². The van der Waals surface area contributed by atoms with Gasteiger partial charge in [-0.2, -0.15) is 0 Å². The second-order valence-electron chi connectivity index (χ2n) is 6.91. The number of anilines is 3. The molecule has 0 saturated heterocycles. The molecule has 3 rings (SSSR count). The van der Waals surface area contributed by atoms with E-state index in [1.165, 1.54) is 4.90 Å². The van der Waals surface area contributed by atoms with E-state index in [4.69, 9.17) is 10.5 Å². The van der Waals surface area contributed by atoms with Gasteiger partial charge in [-0.25, -0.2) is 4.98 Å². The molecule has 2 aromatic rings. The van der Waals surface area contributed by atoms with Gasteiger partial charge < -0.3 is 15.8 Å². The molecule has 1 aromatic heterocycles. The maximum absolute atomic E-state index is 13.1. The first kappa shape index (κ1) is 19.7. The van der Waals surface area contributed by atoms with E-state index in [0.717, 1.165) is 23.2 Å². The number of fused-ring (bicyclic) bond motifs is 1. The average molecular weight is 382 g/mol. The highest BCUT2D eigenvalue weighted by Crippen LogP contribution is 2.35. The summed E-state index contributed by atoms with van der Waals surface area (Å²) in [6.07, 6.45) is 0.629. The highest BCUT2D eigenvalue weighted by molar-refractivity contribution is 6.07. The largest absolute Gasteiger partial charge is 0.477 e. The van der Waals surface area contributed by atoms with Crippen molar-refractivity contribution in [2.75, 3.05) is 16.0 Å². The molecule has 0 saturated carbocycles. The first-order valence-electron chi connectivity index (χ1n) is 9.52. The normalized spacial score (nSPS) is 16.9. The van der Waals surface area contributed by atoms with Crippen LogP contribution < -0.4 is 20.7 Å². The van der Waals surface area contributed by atoms with Crippen molar-refractivity contribution in [1.29, 1.82) is 0 Å². The fourth-order valence-electron chi connectivity index (χ4n) is 3.36. The Morgan fingerprint density at radius 3 is 2.75 bits per heavy atom. The van der Waals surface area contributed by atoms with Crippen LogP contribution in [-0.2, 0) is 16.0 Å². The number of para-hydroxylation sites is 1. The summed E-state index contributed by atoms with van der Waals surface area (Å²) in [4.78, 5) is 31.7. The van der Waals surface area contributed by atoms with Crippen molar-refractivity contribution in [2.45, 2.75) is 52.7 Å². The molecular weight excluding hydrogens is 356 g/mol. The summed E-state index contributed by atoms with van der Waals surface area (Å²) in [6.45, 7) is 7.53. The van der Waals surface area contributed by atoms with Crippen molar-refractivity contribution in [1.82, 2.24) is 4.98 Å². The Hall–Kier alpha value is -3.09. The van der Waals surface area contributed by atoms with Crippen LogP contribution in [-0.4, -0.2) is 28.9 Å². The Bertz CT molecular complexity index is 913. The molecule has 0 spiro atoms. The SMILES string of the molecule is CCc1cccc(C)c1NC(=O)C(C)N1C(=O)C(CC)Oc2ccc(N)nc21. The van der Waals surface area contributed by atoms with E-state index in [2.05, 4.69) is 10.3 Å². The molecule has 148 valence electrons. The third kappa shape index (κ3) is 3.52. The first-order valence-corrected chi connectivity index (χ1v) is 9.52. The number of amides is 2. The van der Waals surface area contributed by atoms with Crippen molar-refractivity contribution in [2.24, 2.45) is 0 Å². The number of aryl methyl sites for hydroxylation is 2. The van der Waals surface area contributed by atoms with E-state index in [1.54, 1.807) is 19.1 Å². The predicted molar refractivity (Wildman–Crippen MR) is 109 cm³/mol. The van der Waals surface area contributed by atoms with Gasteiger partial charge in [0.05, 0.1) is 0 Å². The van der Waals surface area contributed by atoms with E-state index in [0.29, 0.717) is 12.2 Å². The fourth-order valence-corrected chi connectivity index (χ4v) is 3.36. The number of pyridine rings is 1. The van der Waals surface area contributed by atoms with Gasteiger partial charge in [0, 0.05) is 5.69 Å². The molecular formula is C21H26N4O3. The zero-order chi connectivity index (χ0) is 20.4. The van der Waals surface area contributed by atoms with Gasteiger partial charge in [-0.05, 0) is 49.9 Å². The minimum Gasteiger partial charge on any atom is -0.477 e. The number of carbonyl (C=O) groups excluding carboxylic acids is 2. The van der Waals surface area contributed by atoms with Crippen LogP contribution in [0.1, 0.15) is 38.3 Å². The Kier molecular flexibility index (Phi) is 5.53. The van der Waals surface area contributed by atoms with Gasteiger partial charge >= 0.3 is 0 Å². The lowest BCUT2D eigenvalue weighted by Crippen LogP contribution is -2.53. The number of carbonyl (C=O) groups is 2. The van der Waals surface area contributed by atoms with Crippen molar-refractivity contribution in [3.63, 3.8) is 0 Å². The Morgan fingerprint density at radius 2 is 2.07 bits per heavy atom. The molecule has 1 aromatic carbocycles. The maximum atomic E-state index is 13.1. The summed E-state index contributed by atoms with van der Waals surface area (Å²) in [6, 6.07) is 8.42. The van der Waals surface area contributed by atoms with Gasteiger partial charge in [-0.1, -0.05) is 32.0 Å². The van der Waals surface area contributed by atoms with Crippen LogP contribution in [0.25, 0.3) is 0 Å². The molecule has 0 bridgehead atoms. The number of nitrogens with zero attached hydrogens (tertiary/aromatic N) is 2. The van der Waals surface area contributed by atoms with Gasteiger partial charge in [0.25, 0.3) is 5.91 Å². The van der Waals surface area contributed by atoms with E-state index >= 15 is 0 Å². The summed E-state index contributed by atoms with van der Waals surface area (Å²) in [5.74, 6) is 0.402. The van der Waals surface area contributed by atoms with Gasteiger partial charge in [-0.15, -0.1) is 0 Å². The van der Waals surface area contributed by atoms with E-state index in [9.17, 15) is 9.59 Å². The smallest absolute Gasteiger partial charge is 0.270 e. The van der Waals surface area contributed by atoms with Crippen molar-refractivity contribution < 1.29 is 14.3 Å². The number of hydrogen-bond acceptors (Lipinski definition) is 5. The highest BCUT2D eigenvalue weighted by atomic mass is 16.5. The molecule has 0 aliphatic carbocycles. The molecule has 2 amide bonds. The molecule has 1 aliphatic heterocycles. The second-order valence-corrected chi connectivity index (χ2v) is 6.91. The minimum atomic E-state index is -0.775. The standard InChI is InChI=1S/C21H26N4O3/c1-5-14-9-7-8-12(3)18(14)24-20(26)13(4)25-19-16(10-11-17(22)23-19)28-15(6-2)21(25)27/h7-11,13,15H,5-6H2,1-4H3,(H2,22,23)(H,24,26). The summed E-state index contributed by atoms with van der Waals surface area (Å²) < 4.78 is 5.74. The number of nitrogen functional groups attached to an aromatic ring is 1. The van der Waals surface area contributed by atoms with Crippen LogP contribution >= 0.6 is 0 Å². The molecule has 3 N–H and O–H groups in total. The third-order valence-electron chi connectivity index (χ3n) is 5.00. The predicted octanol–water partition coefficient (Wildman–Crippen LogP) is 3.07. The highest BCUT2D eigenvalue weighted by Gasteiger charge is 2.39. The van der Waals surface area contributed by atoms with Gasteiger partial charge in [0.2, 0.25) is 5.91 Å². The minimum absolute atomic E-state index is 0.259. The van der Waals surface area contributed by atoms with Gasteiger partial charge in [0.1, 0.15) is 11.9 Å². The zero-order valence-electron chi connectivity index (χ0n) is 16.7. The molecule has 7 heteroatoms. The van der Waals surface area contributed by atoms with Crippen LogP contribution in [0.5, 0.6) is 5.75 Å². The Labute approximate surface area is 164 Å². The molecule has 2 heterocycles. The summed E-state index contributed by atoms with van der Waals surface area (Å²) in [7, 11) is 0. The lowest BCUT2D eigenvalue weighted by Gasteiger charge is -2.36. The van der Waals surface area contributed by atoms with E-state index in [1.807, 2.05) is 39.0 Å². The zero-order valence-corrected chi connectivity index (χ0v) is 16.7. The molecule has 0 radical (unpaired) electrons. The maximum Gasteiger partial charge on any atom is 0.270 e. The summed E-state index contributed by atoms with van der Waals surface area (Å²) in [5, 5.41) is 2.99. The molecule has 0 fully saturated rings. The van der Waals surface area contributed by atoms with Crippen LogP contribution in [0.3, 0.4) is 0 Å². The number of nitrogens with two attached hydrogens (primary N) is 1. The monoisotopic (exact) mass is 382 g/mol. The number of hydrogen-bond donors (Lipinski definition) is 2. The van der Waals surface area contributed by atoms with Gasteiger partial charge in [-0.3, -0.25) is 14.5 Å². The van der Waals surface area contributed by atoms with Crippen molar-refractivity contribution in [3.8, 4) is 5.75 Å². The average Bonchev–Trinajstić information content (AvgIpc) is 2.68. The van der Waals surface area contributed by atoms with Crippen LogP contribution in [0.4, 0.5) is 17.3 Å². The van der Waals surface area contributed by atoms with Crippen molar-refractivity contribution >= 4 is 29.1 Å². The van der Waals surface area contributed by atoms with E-state index in [-0.39, 0.29) is 23.5 Å². The molecule has 1 aliphatic rings. The Morgan fingerprint density at radius 1 is 1.32 bits per heavy atom. The van der Waals surface area contributed by atoms with Crippen LogP contribution in [0.15, 0.2) is 30.3 Å². The fraction of sp³-hybridized carbons (Fsp3) is 0.381. The Balaban J connectivity index is 1.95. The number of nitrogens with one attached hydrogen (secondary N) is 1. The molecule has 28 heavy (non-hydrogen) atoms. The van der Waals surface area contributed by atoms with Crippen molar-refractivity contribution in [3.05, 3.63) is 41.5 Å². The number of ether oxygens (including phenoxy) is 1. The number of aromatic nitrogens is 1. The molecule has 2 unspecified atom stereocenters. The number of benzene rings is 1. The lowest BCUT2D eigenvalue weighted by molar-refractivity contribution is -0.129. The lowest BCUT2D eigenvalue weighted by atomic mass is 10.0. The van der Waals surface area contributed by atoms with Crippen LogP contribution in [0, 0.1) is 6.92 Å². The molecule has 2 atom stereocenters. The topological polar surface area (TPSA) is 97.5 Å². The quantitative estimate of drug-likeness (QED) is 0.828. The first-order chi connectivity index (χ1) is 13.4. The third-order valence-corrected chi connectivity index (χ3v) is 5.00. The summed E-state index contributed by atoms with van der Waals surface area (Å²) >= 11 is 0. The molecule has 7 nitrogen and oxygen atoms in total. The van der Waals surface area contributed by atoms with Crippen LogP contribution in [0.2, 0.25) is 0 Å². The second kappa shape index (κ2) is 7.88.